The molecular weight excluding hydrogens is 427 g/mol. The number of rotatable bonds is 4. The largest absolute Gasteiger partial charge is 0.454 e. The normalized spacial score (nSPS) is 46.4. The number of Topliss-reactive ketones (excluding diaryl/α,β-unsaturated/α-hetero) is 1. The molecule has 4 aliphatic rings. The lowest BCUT2D eigenvalue weighted by Crippen LogP contribution is -2.69. The quantitative estimate of drug-likeness (QED) is 0.494. The van der Waals surface area contributed by atoms with Gasteiger partial charge in [-0.15, -0.1) is 0 Å². The molecule has 2 N–H and O–H groups in total. The third-order valence-electron chi connectivity index (χ3n) is 9.30. The summed E-state index contributed by atoms with van der Waals surface area (Å²) in [5.74, 6) is -2.93. The Bertz CT molecular complexity index is 983. The fourth-order valence-electron chi connectivity index (χ4n) is 7.57. The van der Waals surface area contributed by atoms with Gasteiger partial charge in [-0.3, -0.25) is 9.59 Å². The second kappa shape index (κ2) is 7.70. The van der Waals surface area contributed by atoms with E-state index in [1.165, 1.54) is 24.3 Å². The average molecular weight is 461 g/mol. The highest BCUT2D eigenvalue weighted by Gasteiger charge is 2.75. The van der Waals surface area contributed by atoms with Gasteiger partial charge < -0.3 is 14.9 Å². The average Bonchev–Trinajstić information content (AvgIpc) is 2.95. The van der Waals surface area contributed by atoms with Crippen LogP contribution in [0.1, 0.15) is 53.4 Å². The number of esters is 1. The number of alkyl halides is 1. The molecule has 8 atom stereocenters. The van der Waals surface area contributed by atoms with Crippen LogP contribution < -0.4 is 0 Å². The maximum absolute atomic E-state index is 17.1. The first-order valence-corrected chi connectivity index (χ1v) is 11.7. The summed E-state index contributed by atoms with van der Waals surface area (Å²) in [6, 6.07) is 0. The molecule has 3 fully saturated rings. The van der Waals surface area contributed by atoms with Crippen LogP contribution in [0.2, 0.25) is 0 Å². The van der Waals surface area contributed by atoms with E-state index < -0.39 is 58.4 Å². The van der Waals surface area contributed by atoms with Crippen molar-refractivity contribution in [3.8, 4) is 0 Å². The van der Waals surface area contributed by atoms with Crippen LogP contribution in [0.5, 0.6) is 0 Å². The molecule has 33 heavy (non-hydrogen) atoms. The standard InChI is InChI=1S/C26H33FO6/c1-5-6-22(31)33-14-21(30)26(32)15(2)11-19-18-8-7-16-12-17(28)9-10-23(16,3)25(18,27)20(29)13-24(19,26)4/h5-6,9-10,12,15,18-20,29,32H,7-8,11,13-14H2,1-4H3/t15-,18+,19+,20+,23+,24+,25+,26+/m1/s1. The summed E-state index contributed by atoms with van der Waals surface area (Å²) >= 11 is 0. The molecule has 0 saturated heterocycles. The van der Waals surface area contributed by atoms with Gasteiger partial charge in [0.2, 0.25) is 5.78 Å². The maximum atomic E-state index is 17.1. The second-order valence-electron chi connectivity index (χ2n) is 10.7. The molecule has 0 unspecified atom stereocenters. The van der Waals surface area contributed by atoms with Crippen LogP contribution in [0.3, 0.4) is 0 Å². The molecule has 0 aromatic heterocycles. The SMILES string of the molecule is CC=CC(=O)OCC(=O)[C@@]1(O)[C@H](C)C[C@H]2[C@@H]3CCC4=CC(=O)C=C[C@]4(C)[C@@]3(F)[C@@H](O)C[C@@]21C. The molecule has 0 aromatic rings. The zero-order chi connectivity index (χ0) is 24.4. The first kappa shape index (κ1) is 24.0. The zero-order valence-corrected chi connectivity index (χ0v) is 19.6. The Kier molecular flexibility index (Phi) is 5.61. The summed E-state index contributed by atoms with van der Waals surface area (Å²) in [6.45, 7) is 6.32. The van der Waals surface area contributed by atoms with Crippen LogP contribution in [-0.2, 0) is 19.1 Å². The van der Waals surface area contributed by atoms with Crippen molar-refractivity contribution in [2.24, 2.45) is 28.6 Å². The van der Waals surface area contributed by atoms with Gasteiger partial charge in [0, 0.05) is 22.8 Å². The summed E-state index contributed by atoms with van der Waals surface area (Å²) in [5, 5.41) is 23.1. The zero-order valence-electron chi connectivity index (χ0n) is 19.6. The summed E-state index contributed by atoms with van der Waals surface area (Å²) in [7, 11) is 0. The van der Waals surface area contributed by atoms with Gasteiger partial charge in [0.1, 0.15) is 5.60 Å². The Morgan fingerprint density at radius 1 is 1.30 bits per heavy atom. The van der Waals surface area contributed by atoms with E-state index >= 15 is 4.39 Å². The molecule has 7 heteroatoms. The first-order valence-electron chi connectivity index (χ1n) is 11.7. The molecule has 0 radical (unpaired) electrons. The number of ether oxygens (including phenoxy) is 1. The van der Waals surface area contributed by atoms with Gasteiger partial charge >= 0.3 is 5.97 Å². The molecule has 0 aromatic carbocycles. The Balaban J connectivity index is 1.70. The minimum Gasteiger partial charge on any atom is -0.454 e. The number of allylic oxidation sites excluding steroid dienone is 5. The third-order valence-corrected chi connectivity index (χ3v) is 9.30. The van der Waals surface area contributed by atoms with Crippen molar-refractivity contribution >= 4 is 17.5 Å². The number of aliphatic hydroxyl groups excluding tert-OH is 1. The van der Waals surface area contributed by atoms with Gasteiger partial charge in [0.15, 0.2) is 18.1 Å². The van der Waals surface area contributed by atoms with Crippen molar-refractivity contribution in [2.75, 3.05) is 6.61 Å². The molecule has 180 valence electrons. The fraction of sp³-hybridized carbons (Fsp3) is 0.654. The molecule has 4 rings (SSSR count). The van der Waals surface area contributed by atoms with Gasteiger partial charge in [0.25, 0.3) is 0 Å². The molecule has 0 heterocycles. The third kappa shape index (κ3) is 3.01. The van der Waals surface area contributed by atoms with Crippen molar-refractivity contribution in [3.63, 3.8) is 0 Å². The highest BCUT2D eigenvalue weighted by Crippen LogP contribution is 2.70. The van der Waals surface area contributed by atoms with Crippen LogP contribution in [0.15, 0.2) is 36.0 Å². The maximum Gasteiger partial charge on any atom is 0.330 e. The number of aliphatic hydroxyl groups is 2. The summed E-state index contributed by atoms with van der Waals surface area (Å²) < 4.78 is 22.1. The summed E-state index contributed by atoms with van der Waals surface area (Å²) in [4.78, 5) is 36.9. The Labute approximate surface area is 193 Å². The molecule has 0 bridgehead atoms. The number of ketones is 2. The van der Waals surface area contributed by atoms with Crippen LogP contribution in [-0.4, -0.2) is 51.7 Å². The highest BCUT2D eigenvalue weighted by molar-refractivity contribution is 6.01. The molecular formula is C26H33FO6. The lowest BCUT2D eigenvalue weighted by atomic mass is 9.44. The van der Waals surface area contributed by atoms with E-state index in [0.29, 0.717) is 24.8 Å². The Morgan fingerprint density at radius 3 is 2.67 bits per heavy atom. The van der Waals surface area contributed by atoms with Gasteiger partial charge in [-0.2, -0.15) is 0 Å². The molecule has 0 amide bonds. The first-order chi connectivity index (χ1) is 15.4. The van der Waals surface area contributed by atoms with Crippen molar-refractivity contribution in [1.82, 2.24) is 0 Å². The number of carbonyl (C=O) groups is 3. The molecule has 0 aliphatic heterocycles. The van der Waals surface area contributed by atoms with Crippen LogP contribution in [0.4, 0.5) is 4.39 Å². The smallest absolute Gasteiger partial charge is 0.330 e. The van der Waals surface area contributed by atoms with E-state index in [1.54, 1.807) is 33.8 Å². The lowest BCUT2D eigenvalue weighted by molar-refractivity contribution is -0.219. The van der Waals surface area contributed by atoms with Crippen molar-refractivity contribution in [2.45, 2.75) is 70.8 Å². The number of halogens is 1. The topological polar surface area (TPSA) is 101 Å². The summed E-state index contributed by atoms with van der Waals surface area (Å²) in [5.41, 5.74) is -5.40. The van der Waals surface area contributed by atoms with E-state index in [0.717, 1.165) is 0 Å². The van der Waals surface area contributed by atoms with Crippen LogP contribution >= 0.6 is 0 Å². The lowest BCUT2D eigenvalue weighted by Gasteiger charge is -2.62. The van der Waals surface area contributed by atoms with Gasteiger partial charge in [-0.05, 0) is 63.5 Å². The van der Waals surface area contributed by atoms with Crippen LogP contribution in [0, 0.1) is 28.6 Å². The van der Waals surface area contributed by atoms with E-state index in [-0.39, 0.29) is 18.1 Å². The van der Waals surface area contributed by atoms with E-state index in [2.05, 4.69) is 0 Å². The minimum atomic E-state index is -2.02. The number of fused-ring (bicyclic) bond motifs is 5. The van der Waals surface area contributed by atoms with Gasteiger partial charge in [-0.1, -0.05) is 31.6 Å². The van der Waals surface area contributed by atoms with Gasteiger partial charge in [-0.25, -0.2) is 9.18 Å². The second-order valence-corrected chi connectivity index (χ2v) is 10.7. The predicted molar refractivity (Wildman–Crippen MR) is 119 cm³/mol. The Hall–Kier alpha value is -2.12. The van der Waals surface area contributed by atoms with Crippen molar-refractivity contribution < 1.29 is 33.7 Å². The van der Waals surface area contributed by atoms with Crippen molar-refractivity contribution in [1.29, 1.82) is 0 Å². The molecule has 0 spiro atoms. The van der Waals surface area contributed by atoms with Crippen LogP contribution in [0.25, 0.3) is 0 Å². The van der Waals surface area contributed by atoms with E-state index in [9.17, 15) is 24.6 Å². The van der Waals surface area contributed by atoms with Crippen molar-refractivity contribution in [3.05, 3.63) is 36.0 Å². The molecule has 3 saturated carbocycles. The fourth-order valence-corrected chi connectivity index (χ4v) is 7.57. The molecule has 6 nitrogen and oxygen atoms in total. The predicted octanol–water partition coefficient (Wildman–Crippen LogP) is 3.02. The van der Waals surface area contributed by atoms with Gasteiger partial charge in [0.05, 0.1) is 6.10 Å². The number of hydrogen-bond donors (Lipinski definition) is 2. The monoisotopic (exact) mass is 460 g/mol. The minimum absolute atomic E-state index is 0.106. The number of carbonyl (C=O) groups excluding carboxylic acids is 3. The van der Waals surface area contributed by atoms with E-state index in [4.69, 9.17) is 4.74 Å². The molecule has 4 aliphatic carbocycles. The summed E-state index contributed by atoms with van der Waals surface area (Å²) in [6.07, 6.45) is 6.93. The Morgan fingerprint density at radius 2 is 2.00 bits per heavy atom. The number of hydrogen-bond acceptors (Lipinski definition) is 6. The highest BCUT2D eigenvalue weighted by atomic mass is 19.1. The van der Waals surface area contributed by atoms with E-state index in [1.807, 2.05) is 0 Å².